The second-order valence-electron chi connectivity index (χ2n) is 6.85. The number of carbonyl (C=O) groups is 1. The van der Waals surface area contributed by atoms with Gasteiger partial charge in [0.25, 0.3) is 0 Å². The lowest BCUT2D eigenvalue weighted by atomic mass is 10.1. The normalized spacial score (nSPS) is 15.8. The average Bonchev–Trinajstić information content (AvgIpc) is 2.71. The highest BCUT2D eigenvalue weighted by atomic mass is 35.5. The van der Waals surface area contributed by atoms with Crippen molar-refractivity contribution < 1.29 is 17.9 Å². The standard InChI is InChI=1S/C20H22Cl2N2O4S/c1-28-16-3-5-17(6-4-16)29(26,27)24-10-8-15(9-11-24)23-20(25)13-14-2-7-18(21)19(22)12-14/h2-7,12,15H,8-11,13H2,1H3,(H,23,25). The second-order valence-corrected chi connectivity index (χ2v) is 9.60. The van der Waals surface area contributed by atoms with E-state index in [0.29, 0.717) is 41.7 Å². The first-order valence-electron chi connectivity index (χ1n) is 9.17. The van der Waals surface area contributed by atoms with Crippen molar-refractivity contribution in [1.29, 1.82) is 0 Å². The molecule has 6 nitrogen and oxygen atoms in total. The molecule has 9 heteroatoms. The third kappa shape index (κ3) is 5.42. The van der Waals surface area contributed by atoms with Crippen molar-refractivity contribution in [2.75, 3.05) is 20.2 Å². The van der Waals surface area contributed by atoms with Crippen LogP contribution in [0.2, 0.25) is 10.0 Å². The number of hydrogen-bond acceptors (Lipinski definition) is 4. The maximum atomic E-state index is 12.8. The minimum absolute atomic E-state index is 0.0624. The van der Waals surface area contributed by atoms with E-state index in [0.717, 1.165) is 5.56 Å². The van der Waals surface area contributed by atoms with Crippen LogP contribution in [0.5, 0.6) is 5.75 Å². The van der Waals surface area contributed by atoms with Gasteiger partial charge in [0.15, 0.2) is 0 Å². The topological polar surface area (TPSA) is 75.7 Å². The fourth-order valence-electron chi connectivity index (χ4n) is 3.25. The maximum Gasteiger partial charge on any atom is 0.243 e. The van der Waals surface area contributed by atoms with Crippen LogP contribution in [0.15, 0.2) is 47.4 Å². The van der Waals surface area contributed by atoms with Crippen molar-refractivity contribution in [1.82, 2.24) is 9.62 Å². The number of halogens is 2. The van der Waals surface area contributed by atoms with E-state index >= 15 is 0 Å². The smallest absolute Gasteiger partial charge is 0.243 e. The Bertz CT molecular complexity index is 972. The van der Waals surface area contributed by atoms with Crippen LogP contribution < -0.4 is 10.1 Å². The molecule has 1 N–H and O–H groups in total. The van der Waals surface area contributed by atoms with Crippen molar-refractivity contribution in [3.63, 3.8) is 0 Å². The summed E-state index contributed by atoms with van der Waals surface area (Å²) in [6, 6.07) is 11.4. The first kappa shape index (κ1) is 21.9. The van der Waals surface area contributed by atoms with Crippen molar-refractivity contribution in [2.24, 2.45) is 0 Å². The van der Waals surface area contributed by atoms with Gasteiger partial charge in [0, 0.05) is 19.1 Å². The number of nitrogens with zero attached hydrogens (tertiary/aromatic N) is 1. The van der Waals surface area contributed by atoms with Gasteiger partial charge >= 0.3 is 0 Å². The maximum absolute atomic E-state index is 12.8. The molecule has 0 aliphatic carbocycles. The monoisotopic (exact) mass is 456 g/mol. The van der Waals surface area contributed by atoms with Gasteiger partial charge in [0.1, 0.15) is 5.75 Å². The summed E-state index contributed by atoms with van der Waals surface area (Å²) in [7, 11) is -2.03. The van der Waals surface area contributed by atoms with E-state index in [9.17, 15) is 13.2 Å². The number of nitrogens with one attached hydrogen (secondary N) is 1. The SMILES string of the molecule is COc1ccc(S(=O)(=O)N2CCC(NC(=O)Cc3ccc(Cl)c(Cl)c3)CC2)cc1. The van der Waals surface area contributed by atoms with Gasteiger partial charge in [-0.15, -0.1) is 0 Å². The number of rotatable bonds is 6. The van der Waals surface area contributed by atoms with E-state index in [2.05, 4.69) is 5.32 Å². The summed E-state index contributed by atoms with van der Waals surface area (Å²) in [5, 5.41) is 3.83. The number of ether oxygens (including phenoxy) is 1. The van der Waals surface area contributed by atoms with Crippen LogP contribution in [0.1, 0.15) is 18.4 Å². The molecule has 0 saturated carbocycles. The molecule has 0 atom stereocenters. The number of piperidine rings is 1. The summed E-state index contributed by atoms with van der Waals surface area (Å²) in [6.45, 7) is 0.707. The third-order valence-electron chi connectivity index (χ3n) is 4.86. The van der Waals surface area contributed by atoms with Crippen molar-refractivity contribution in [3.05, 3.63) is 58.1 Å². The van der Waals surface area contributed by atoms with Crippen LogP contribution in [-0.4, -0.2) is 44.9 Å². The van der Waals surface area contributed by atoms with E-state index < -0.39 is 10.0 Å². The molecule has 0 aromatic heterocycles. The molecule has 0 unspecified atom stereocenters. The zero-order valence-corrected chi connectivity index (χ0v) is 18.2. The van der Waals surface area contributed by atoms with E-state index in [-0.39, 0.29) is 23.3 Å². The van der Waals surface area contributed by atoms with Gasteiger partial charge in [0.2, 0.25) is 15.9 Å². The Hall–Kier alpha value is -1.80. The molecule has 3 rings (SSSR count). The minimum Gasteiger partial charge on any atom is -0.497 e. The lowest BCUT2D eigenvalue weighted by Crippen LogP contribution is -2.46. The largest absolute Gasteiger partial charge is 0.497 e. The fourth-order valence-corrected chi connectivity index (χ4v) is 5.04. The van der Waals surface area contributed by atoms with E-state index in [1.807, 2.05) is 0 Å². The summed E-state index contributed by atoms with van der Waals surface area (Å²) < 4.78 is 32.1. The quantitative estimate of drug-likeness (QED) is 0.721. The molecule has 2 aromatic rings. The first-order valence-corrected chi connectivity index (χ1v) is 11.4. The van der Waals surface area contributed by atoms with Crippen LogP contribution in [0.3, 0.4) is 0 Å². The van der Waals surface area contributed by atoms with Gasteiger partial charge in [-0.05, 0) is 54.8 Å². The highest BCUT2D eigenvalue weighted by Gasteiger charge is 2.30. The summed E-state index contributed by atoms with van der Waals surface area (Å²) in [5.41, 5.74) is 0.774. The van der Waals surface area contributed by atoms with E-state index in [4.69, 9.17) is 27.9 Å². The Morgan fingerprint density at radius 2 is 1.76 bits per heavy atom. The zero-order chi connectivity index (χ0) is 21.0. The summed E-state index contributed by atoms with van der Waals surface area (Å²) in [5.74, 6) is 0.479. The highest BCUT2D eigenvalue weighted by Crippen LogP contribution is 2.24. The number of methoxy groups -OCH3 is 1. The molecule has 1 saturated heterocycles. The van der Waals surface area contributed by atoms with Gasteiger partial charge in [-0.2, -0.15) is 4.31 Å². The Balaban J connectivity index is 1.54. The van der Waals surface area contributed by atoms with Gasteiger partial charge in [-0.25, -0.2) is 8.42 Å². The second kappa shape index (κ2) is 9.34. The molecule has 1 fully saturated rings. The first-order chi connectivity index (χ1) is 13.8. The Labute approximate surface area is 180 Å². The van der Waals surface area contributed by atoms with E-state index in [1.54, 1.807) is 42.5 Å². The van der Waals surface area contributed by atoms with Gasteiger partial charge in [-0.3, -0.25) is 4.79 Å². The van der Waals surface area contributed by atoms with E-state index in [1.165, 1.54) is 11.4 Å². The molecule has 0 spiro atoms. The molecule has 0 bridgehead atoms. The van der Waals surface area contributed by atoms with Crippen LogP contribution in [0.25, 0.3) is 0 Å². The van der Waals surface area contributed by atoms with Crippen molar-refractivity contribution in [3.8, 4) is 5.75 Å². The lowest BCUT2D eigenvalue weighted by molar-refractivity contribution is -0.121. The molecule has 0 radical (unpaired) electrons. The molecule has 156 valence electrons. The number of hydrogen-bond donors (Lipinski definition) is 1. The van der Waals surface area contributed by atoms with Crippen LogP contribution in [0.4, 0.5) is 0 Å². The Morgan fingerprint density at radius 3 is 2.34 bits per heavy atom. The van der Waals surface area contributed by atoms with Crippen LogP contribution in [-0.2, 0) is 21.2 Å². The van der Waals surface area contributed by atoms with Gasteiger partial charge in [0.05, 0.1) is 28.5 Å². The number of carbonyl (C=O) groups excluding carboxylic acids is 1. The average molecular weight is 457 g/mol. The van der Waals surface area contributed by atoms with Gasteiger partial charge < -0.3 is 10.1 Å². The summed E-state index contributed by atoms with van der Waals surface area (Å²) >= 11 is 11.9. The minimum atomic E-state index is -3.56. The molecule has 1 aliphatic rings. The number of sulfonamides is 1. The predicted octanol–water partition coefficient (Wildman–Crippen LogP) is 3.51. The molecule has 1 heterocycles. The highest BCUT2D eigenvalue weighted by molar-refractivity contribution is 7.89. The lowest BCUT2D eigenvalue weighted by Gasteiger charge is -2.31. The number of amides is 1. The summed E-state index contributed by atoms with van der Waals surface area (Å²) in [6.07, 6.45) is 1.31. The Kier molecular flexibility index (Phi) is 7.05. The van der Waals surface area contributed by atoms with Crippen LogP contribution >= 0.6 is 23.2 Å². The van der Waals surface area contributed by atoms with Crippen LogP contribution in [0, 0.1) is 0 Å². The zero-order valence-electron chi connectivity index (χ0n) is 15.9. The third-order valence-corrected chi connectivity index (χ3v) is 7.52. The van der Waals surface area contributed by atoms with Gasteiger partial charge in [-0.1, -0.05) is 29.3 Å². The van der Waals surface area contributed by atoms with Crippen molar-refractivity contribution in [2.45, 2.75) is 30.2 Å². The summed E-state index contributed by atoms with van der Waals surface area (Å²) in [4.78, 5) is 12.5. The molecule has 1 amide bonds. The molecular formula is C20H22Cl2N2O4S. The predicted molar refractivity (Wildman–Crippen MR) is 113 cm³/mol. The number of benzene rings is 2. The molecule has 2 aromatic carbocycles. The molecule has 29 heavy (non-hydrogen) atoms. The molecular weight excluding hydrogens is 435 g/mol. The fraction of sp³-hybridized carbons (Fsp3) is 0.350. The van der Waals surface area contributed by atoms with Crippen molar-refractivity contribution >= 4 is 39.1 Å². The Morgan fingerprint density at radius 1 is 1.10 bits per heavy atom. The molecule has 1 aliphatic heterocycles.